The highest BCUT2D eigenvalue weighted by molar-refractivity contribution is 5.71. The Balaban J connectivity index is 3.31. The molecule has 0 rings (SSSR count). The van der Waals surface area contributed by atoms with Gasteiger partial charge < -0.3 is 16.4 Å². The van der Waals surface area contributed by atoms with Gasteiger partial charge in [-0.1, -0.05) is 0 Å². The van der Waals surface area contributed by atoms with E-state index >= 15 is 0 Å². The van der Waals surface area contributed by atoms with Gasteiger partial charge in [-0.15, -0.1) is 0 Å². The summed E-state index contributed by atoms with van der Waals surface area (Å²) in [7, 11) is 1.68. The van der Waals surface area contributed by atoms with Crippen molar-refractivity contribution in [1.29, 1.82) is 0 Å². The smallest absolute Gasteiger partial charge is 0.314 e. The predicted molar refractivity (Wildman–Crippen MR) is 45.1 cm³/mol. The summed E-state index contributed by atoms with van der Waals surface area (Å²) in [6.45, 7) is 2.64. The highest BCUT2D eigenvalue weighted by Gasteiger charge is 2.02. The fourth-order valence-electron chi connectivity index (χ4n) is 0.761. The number of amides is 2. The molecule has 2 amide bonds. The molecule has 0 fully saturated rings. The topological polar surface area (TPSA) is 72.3 Å². The summed E-state index contributed by atoms with van der Waals surface area (Å²) in [5.74, 6) is 0. The number of hydrogen-bond acceptors (Lipinski definition) is 2. The number of primary amides is 1. The van der Waals surface area contributed by atoms with Gasteiger partial charge in [0.25, 0.3) is 0 Å². The van der Waals surface area contributed by atoms with E-state index in [-0.39, 0.29) is 12.1 Å². The molecule has 4 nitrogen and oxygen atoms in total. The molecular formula is C7H17N3O. The van der Waals surface area contributed by atoms with Crippen molar-refractivity contribution in [3.8, 4) is 0 Å². The van der Waals surface area contributed by atoms with Crippen LogP contribution in [0.25, 0.3) is 0 Å². The minimum Gasteiger partial charge on any atom is -0.351 e. The Morgan fingerprint density at radius 3 is 2.55 bits per heavy atom. The van der Waals surface area contributed by atoms with Crippen LogP contribution in [-0.2, 0) is 0 Å². The molecular weight excluding hydrogens is 142 g/mol. The average Bonchev–Trinajstić information content (AvgIpc) is 1.86. The monoisotopic (exact) mass is 159 g/mol. The molecule has 4 N–H and O–H groups in total. The number of urea groups is 1. The van der Waals surface area contributed by atoms with E-state index in [1.165, 1.54) is 4.90 Å². The minimum atomic E-state index is -0.380. The lowest BCUT2D eigenvalue weighted by atomic mass is 10.2. The summed E-state index contributed by atoms with van der Waals surface area (Å²) in [5.41, 5.74) is 10.5. The van der Waals surface area contributed by atoms with E-state index < -0.39 is 0 Å². The van der Waals surface area contributed by atoms with Crippen molar-refractivity contribution in [2.75, 3.05) is 13.6 Å². The van der Waals surface area contributed by atoms with Crippen molar-refractivity contribution in [2.24, 2.45) is 11.5 Å². The summed E-state index contributed by atoms with van der Waals surface area (Å²) in [4.78, 5) is 12.0. The van der Waals surface area contributed by atoms with E-state index in [1.54, 1.807) is 7.05 Å². The Labute approximate surface area is 67.5 Å². The molecule has 0 aliphatic carbocycles. The normalized spacial score (nSPS) is 12.6. The zero-order chi connectivity index (χ0) is 8.85. The first kappa shape index (κ1) is 10.2. The SMILES string of the molecule is CC(N)CCCN(C)C(N)=O. The summed E-state index contributed by atoms with van der Waals surface area (Å²) < 4.78 is 0. The quantitative estimate of drug-likeness (QED) is 0.611. The molecule has 66 valence electrons. The first-order valence-corrected chi connectivity index (χ1v) is 3.80. The average molecular weight is 159 g/mol. The Hall–Kier alpha value is -0.770. The molecule has 1 atom stereocenters. The molecule has 0 aromatic rings. The standard InChI is InChI=1S/C7H17N3O/c1-6(8)4-3-5-10(2)7(9)11/h6H,3-5,8H2,1-2H3,(H2,9,11). The number of hydrogen-bond donors (Lipinski definition) is 2. The van der Waals surface area contributed by atoms with E-state index in [0.29, 0.717) is 6.54 Å². The molecule has 0 aromatic carbocycles. The lowest BCUT2D eigenvalue weighted by molar-refractivity contribution is 0.217. The summed E-state index contributed by atoms with van der Waals surface area (Å²) in [5, 5.41) is 0. The van der Waals surface area contributed by atoms with Crippen molar-refractivity contribution in [1.82, 2.24) is 4.90 Å². The van der Waals surface area contributed by atoms with Gasteiger partial charge in [0.1, 0.15) is 0 Å². The maximum atomic E-state index is 10.5. The second-order valence-electron chi connectivity index (χ2n) is 2.88. The predicted octanol–water partition coefficient (Wildman–Crippen LogP) is 0.124. The molecule has 0 bridgehead atoms. The van der Waals surface area contributed by atoms with Gasteiger partial charge in [0.05, 0.1) is 0 Å². The molecule has 0 aliphatic heterocycles. The molecule has 1 unspecified atom stereocenters. The molecule has 11 heavy (non-hydrogen) atoms. The molecule has 4 heteroatoms. The fraction of sp³-hybridized carbons (Fsp3) is 0.857. The van der Waals surface area contributed by atoms with E-state index in [1.807, 2.05) is 6.92 Å². The number of nitrogens with two attached hydrogens (primary N) is 2. The third-order valence-electron chi connectivity index (χ3n) is 1.53. The van der Waals surface area contributed by atoms with Crippen LogP contribution < -0.4 is 11.5 Å². The van der Waals surface area contributed by atoms with Crippen molar-refractivity contribution in [3.05, 3.63) is 0 Å². The minimum absolute atomic E-state index is 0.205. The molecule has 0 aromatic heterocycles. The Bertz CT molecular complexity index is 125. The van der Waals surface area contributed by atoms with Gasteiger partial charge in [0.15, 0.2) is 0 Å². The lowest BCUT2D eigenvalue weighted by Gasteiger charge is -2.14. The maximum Gasteiger partial charge on any atom is 0.314 e. The van der Waals surface area contributed by atoms with Gasteiger partial charge in [0.2, 0.25) is 0 Å². The van der Waals surface area contributed by atoms with Crippen LogP contribution in [0.2, 0.25) is 0 Å². The van der Waals surface area contributed by atoms with Crippen LogP contribution in [0.3, 0.4) is 0 Å². The second kappa shape index (κ2) is 4.96. The molecule has 0 saturated carbocycles. The van der Waals surface area contributed by atoms with Crippen LogP contribution in [0.4, 0.5) is 4.79 Å². The van der Waals surface area contributed by atoms with E-state index in [4.69, 9.17) is 11.5 Å². The molecule has 0 heterocycles. The first-order chi connectivity index (χ1) is 5.04. The van der Waals surface area contributed by atoms with Gasteiger partial charge in [0, 0.05) is 19.6 Å². The lowest BCUT2D eigenvalue weighted by Crippen LogP contribution is -2.33. The zero-order valence-corrected chi connectivity index (χ0v) is 7.21. The van der Waals surface area contributed by atoms with Crippen LogP contribution in [0, 0.1) is 0 Å². The van der Waals surface area contributed by atoms with Crippen molar-refractivity contribution in [2.45, 2.75) is 25.8 Å². The van der Waals surface area contributed by atoms with Crippen molar-refractivity contribution < 1.29 is 4.79 Å². The van der Waals surface area contributed by atoms with E-state index in [2.05, 4.69) is 0 Å². The van der Waals surface area contributed by atoms with E-state index in [0.717, 1.165) is 12.8 Å². The molecule has 0 aliphatic rings. The maximum absolute atomic E-state index is 10.5. The third-order valence-corrected chi connectivity index (χ3v) is 1.53. The van der Waals surface area contributed by atoms with Gasteiger partial charge in [-0.05, 0) is 19.8 Å². The van der Waals surface area contributed by atoms with Crippen molar-refractivity contribution in [3.63, 3.8) is 0 Å². The molecule has 0 saturated heterocycles. The van der Waals surface area contributed by atoms with Crippen LogP contribution in [0.5, 0.6) is 0 Å². The van der Waals surface area contributed by atoms with Crippen LogP contribution in [0.15, 0.2) is 0 Å². The number of carbonyl (C=O) groups excluding carboxylic acids is 1. The highest BCUT2D eigenvalue weighted by atomic mass is 16.2. The number of nitrogens with zero attached hydrogens (tertiary/aromatic N) is 1. The first-order valence-electron chi connectivity index (χ1n) is 3.80. The summed E-state index contributed by atoms with van der Waals surface area (Å²) in [6.07, 6.45) is 1.84. The summed E-state index contributed by atoms with van der Waals surface area (Å²) in [6, 6.07) is -0.175. The Morgan fingerprint density at radius 2 is 2.18 bits per heavy atom. The number of rotatable bonds is 4. The van der Waals surface area contributed by atoms with Crippen LogP contribution in [-0.4, -0.2) is 30.6 Å². The van der Waals surface area contributed by atoms with Crippen LogP contribution >= 0.6 is 0 Å². The highest BCUT2D eigenvalue weighted by Crippen LogP contribution is 1.94. The molecule has 0 spiro atoms. The van der Waals surface area contributed by atoms with Crippen molar-refractivity contribution >= 4 is 6.03 Å². The zero-order valence-electron chi connectivity index (χ0n) is 7.21. The Morgan fingerprint density at radius 1 is 1.64 bits per heavy atom. The van der Waals surface area contributed by atoms with Crippen LogP contribution in [0.1, 0.15) is 19.8 Å². The van der Waals surface area contributed by atoms with Gasteiger partial charge in [-0.25, -0.2) is 4.79 Å². The van der Waals surface area contributed by atoms with E-state index in [9.17, 15) is 4.79 Å². The summed E-state index contributed by atoms with van der Waals surface area (Å²) >= 11 is 0. The second-order valence-corrected chi connectivity index (χ2v) is 2.88. The van der Waals surface area contributed by atoms with Gasteiger partial charge in [-0.2, -0.15) is 0 Å². The largest absolute Gasteiger partial charge is 0.351 e. The molecule has 0 radical (unpaired) electrons. The Kier molecular flexibility index (Phi) is 4.61. The fourth-order valence-corrected chi connectivity index (χ4v) is 0.761. The number of carbonyl (C=O) groups is 1. The van der Waals surface area contributed by atoms with Gasteiger partial charge in [-0.3, -0.25) is 0 Å². The van der Waals surface area contributed by atoms with Gasteiger partial charge >= 0.3 is 6.03 Å². The third kappa shape index (κ3) is 5.66.